The lowest BCUT2D eigenvalue weighted by Gasteiger charge is -2.24. The molecule has 4 heteroatoms. The zero-order valence-electron chi connectivity index (χ0n) is 11.7. The van der Waals surface area contributed by atoms with Gasteiger partial charge in [-0.15, -0.1) is 0 Å². The maximum Gasteiger partial charge on any atom is 0.0946 e. The Morgan fingerprint density at radius 2 is 2.15 bits per heavy atom. The average Bonchev–Trinajstić information content (AvgIpc) is 2.87. The molecular formula is C16H21N3O. The van der Waals surface area contributed by atoms with Crippen LogP contribution in [0.3, 0.4) is 0 Å². The predicted octanol–water partition coefficient (Wildman–Crippen LogP) is 2.17. The Morgan fingerprint density at radius 3 is 2.95 bits per heavy atom. The van der Waals surface area contributed by atoms with Crippen molar-refractivity contribution in [2.45, 2.75) is 25.6 Å². The van der Waals surface area contributed by atoms with Gasteiger partial charge in [0.15, 0.2) is 0 Å². The molecule has 1 fully saturated rings. The Kier molecular flexibility index (Phi) is 4.46. The van der Waals surface area contributed by atoms with Crippen molar-refractivity contribution < 1.29 is 4.74 Å². The van der Waals surface area contributed by atoms with Crippen molar-refractivity contribution in [3.8, 4) is 0 Å². The fourth-order valence-corrected chi connectivity index (χ4v) is 2.70. The molecule has 1 aromatic heterocycles. The van der Waals surface area contributed by atoms with Gasteiger partial charge in [0, 0.05) is 38.6 Å². The Labute approximate surface area is 120 Å². The molecule has 0 radical (unpaired) electrons. The molecule has 1 saturated heterocycles. The summed E-state index contributed by atoms with van der Waals surface area (Å²) in [7, 11) is 0. The first kappa shape index (κ1) is 13.3. The molecule has 2 heterocycles. The van der Waals surface area contributed by atoms with Gasteiger partial charge in [-0.05, 0) is 12.0 Å². The number of benzene rings is 1. The first-order valence-corrected chi connectivity index (χ1v) is 7.24. The average molecular weight is 271 g/mol. The highest BCUT2D eigenvalue weighted by atomic mass is 16.5. The zero-order valence-corrected chi connectivity index (χ0v) is 11.7. The molecule has 1 atom stereocenters. The van der Waals surface area contributed by atoms with Gasteiger partial charge >= 0.3 is 0 Å². The number of rotatable bonds is 4. The topological polar surface area (TPSA) is 30.3 Å². The van der Waals surface area contributed by atoms with Crippen LogP contribution in [-0.2, 0) is 17.8 Å². The van der Waals surface area contributed by atoms with Gasteiger partial charge in [-0.1, -0.05) is 30.3 Å². The van der Waals surface area contributed by atoms with E-state index in [0.717, 1.165) is 39.2 Å². The molecule has 1 aliphatic heterocycles. The summed E-state index contributed by atoms with van der Waals surface area (Å²) in [5.41, 5.74) is 1.37. The molecule has 0 aliphatic carbocycles. The molecule has 20 heavy (non-hydrogen) atoms. The highest BCUT2D eigenvalue weighted by Crippen LogP contribution is 2.12. The summed E-state index contributed by atoms with van der Waals surface area (Å²) >= 11 is 0. The second-order valence-electron chi connectivity index (χ2n) is 5.33. The quantitative estimate of drug-likeness (QED) is 0.854. The lowest BCUT2D eigenvalue weighted by atomic mass is 10.2. The predicted molar refractivity (Wildman–Crippen MR) is 78.3 cm³/mol. The minimum atomic E-state index is 0.246. The van der Waals surface area contributed by atoms with Gasteiger partial charge in [0.1, 0.15) is 0 Å². The molecule has 106 valence electrons. The van der Waals surface area contributed by atoms with E-state index in [-0.39, 0.29) is 6.10 Å². The van der Waals surface area contributed by atoms with Crippen molar-refractivity contribution in [3.63, 3.8) is 0 Å². The highest BCUT2D eigenvalue weighted by molar-refractivity contribution is 5.14. The van der Waals surface area contributed by atoms with Crippen molar-refractivity contribution >= 4 is 0 Å². The smallest absolute Gasteiger partial charge is 0.0946 e. The van der Waals surface area contributed by atoms with E-state index in [1.54, 1.807) is 0 Å². The van der Waals surface area contributed by atoms with E-state index in [9.17, 15) is 0 Å². The van der Waals surface area contributed by atoms with Crippen molar-refractivity contribution in [2.75, 3.05) is 19.7 Å². The zero-order chi connectivity index (χ0) is 13.6. The van der Waals surface area contributed by atoms with Gasteiger partial charge in [0.25, 0.3) is 0 Å². The van der Waals surface area contributed by atoms with Crippen LogP contribution in [0.4, 0.5) is 0 Å². The summed E-state index contributed by atoms with van der Waals surface area (Å²) in [6, 6.07) is 10.7. The van der Waals surface area contributed by atoms with Gasteiger partial charge in [-0.2, -0.15) is 0 Å². The van der Waals surface area contributed by atoms with Crippen LogP contribution in [0.1, 0.15) is 12.0 Å². The normalized spacial score (nSPS) is 20.7. The summed E-state index contributed by atoms with van der Waals surface area (Å²) in [4.78, 5) is 6.58. The summed E-state index contributed by atoms with van der Waals surface area (Å²) in [5, 5.41) is 0. The summed E-state index contributed by atoms with van der Waals surface area (Å²) < 4.78 is 8.05. The van der Waals surface area contributed by atoms with Crippen LogP contribution in [0, 0.1) is 0 Å². The van der Waals surface area contributed by atoms with Crippen LogP contribution < -0.4 is 0 Å². The molecule has 1 aromatic carbocycles. The summed E-state index contributed by atoms with van der Waals surface area (Å²) in [6.45, 7) is 4.82. The van der Waals surface area contributed by atoms with Gasteiger partial charge < -0.3 is 9.30 Å². The van der Waals surface area contributed by atoms with E-state index >= 15 is 0 Å². The van der Waals surface area contributed by atoms with Gasteiger partial charge in [0.05, 0.1) is 19.0 Å². The van der Waals surface area contributed by atoms with Gasteiger partial charge in [0.2, 0.25) is 0 Å². The molecule has 1 aliphatic rings. The number of hydrogen-bond donors (Lipinski definition) is 0. The third-order valence-electron chi connectivity index (χ3n) is 3.66. The lowest BCUT2D eigenvalue weighted by molar-refractivity contribution is 0.0415. The standard InChI is InChI=1S/C16H21N3O/c1-2-5-15(6-3-1)11-18-8-4-10-20-16(12-18)13-19-9-7-17-14-19/h1-3,5-7,9,14,16H,4,8,10-13H2/t16-/m1/s1. The fraction of sp³-hybridized carbons (Fsp3) is 0.438. The molecule has 0 bridgehead atoms. The molecule has 0 amide bonds. The van der Waals surface area contributed by atoms with Crippen LogP contribution >= 0.6 is 0 Å². The van der Waals surface area contributed by atoms with E-state index in [1.165, 1.54) is 5.56 Å². The van der Waals surface area contributed by atoms with Crippen molar-refractivity contribution in [1.29, 1.82) is 0 Å². The Hall–Kier alpha value is -1.65. The fourth-order valence-electron chi connectivity index (χ4n) is 2.70. The Bertz CT molecular complexity index is 498. The largest absolute Gasteiger partial charge is 0.375 e. The molecule has 0 unspecified atom stereocenters. The molecule has 2 aromatic rings. The maximum absolute atomic E-state index is 5.95. The van der Waals surface area contributed by atoms with E-state index in [0.29, 0.717) is 0 Å². The third kappa shape index (κ3) is 3.68. The minimum absolute atomic E-state index is 0.246. The van der Waals surface area contributed by atoms with Crippen LogP contribution in [0.25, 0.3) is 0 Å². The third-order valence-corrected chi connectivity index (χ3v) is 3.66. The number of hydrogen-bond acceptors (Lipinski definition) is 3. The Morgan fingerprint density at radius 1 is 1.25 bits per heavy atom. The van der Waals surface area contributed by atoms with Gasteiger partial charge in [-0.25, -0.2) is 4.98 Å². The monoisotopic (exact) mass is 271 g/mol. The van der Waals surface area contributed by atoms with Crippen molar-refractivity contribution in [1.82, 2.24) is 14.5 Å². The minimum Gasteiger partial charge on any atom is -0.375 e. The van der Waals surface area contributed by atoms with E-state index < -0.39 is 0 Å². The molecule has 0 N–H and O–H groups in total. The summed E-state index contributed by atoms with van der Waals surface area (Å²) in [5.74, 6) is 0. The van der Waals surface area contributed by atoms with Crippen molar-refractivity contribution in [3.05, 3.63) is 54.6 Å². The maximum atomic E-state index is 5.95. The number of aromatic nitrogens is 2. The van der Waals surface area contributed by atoms with Crippen LogP contribution in [-0.4, -0.2) is 40.3 Å². The molecule has 0 saturated carbocycles. The molecule has 3 rings (SSSR count). The second kappa shape index (κ2) is 6.68. The summed E-state index contributed by atoms with van der Waals surface area (Å²) in [6.07, 6.45) is 7.02. The van der Waals surface area contributed by atoms with Crippen LogP contribution in [0.5, 0.6) is 0 Å². The van der Waals surface area contributed by atoms with Crippen molar-refractivity contribution in [2.24, 2.45) is 0 Å². The Balaban J connectivity index is 1.60. The number of imidazole rings is 1. The van der Waals surface area contributed by atoms with Gasteiger partial charge in [-0.3, -0.25) is 4.90 Å². The highest BCUT2D eigenvalue weighted by Gasteiger charge is 2.19. The number of nitrogens with zero attached hydrogens (tertiary/aromatic N) is 3. The van der Waals surface area contributed by atoms with Crippen LogP contribution in [0.15, 0.2) is 49.1 Å². The molecule has 0 spiro atoms. The molecule has 4 nitrogen and oxygen atoms in total. The second-order valence-corrected chi connectivity index (χ2v) is 5.33. The SMILES string of the molecule is c1ccc(CN2CCCO[C@@H](Cn3ccnc3)C2)cc1. The van der Waals surface area contributed by atoms with E-state index in [2.05, 4.69) is 44.8 Å². The first-order valence-electron chi connectivity index (χ1n) is 7.24. The number of ether oxygens (including phenoxy) is 1. The van der Waals surface area contributed by atoms with E-state index in [1.807, 2.05) is 18.7 Å². The lowest BCUT2D eigenvalue weighted by Crippen LogP contribution is -2.33. The molecular weight excluding hydrogens is 250 g/mol. The van der Waals surface area contributed by atoms with Crippen LogP contribution in [0.2, 0.25) is 0 Å². The first-order chi connectivity index (χ1) is 9.90. The van der Waals surface area contributed by atoms with E-state index in [4.69, 9.17) is 4.74 Å².